The Labute approximate surface area is 209 Å². The summed E-state index contributed by atoms with van der Waals surface area (Å²) in [6, 6.07) is 12.9. The van der Waals surface area contributed by atoms with Crippen molar-refractivity contribution in [3.8, 4) is 22.4 Å². The number of carboxylic acids is 1. The average molecular weight is 506 g/mol. The number of amides is 1. The molecule has 2 aromatic carbocycles. The molecule has 0 saturated heterocycles. The minimum Gasteiger partial charge on any atom is -0.477 e. The number of nitrogens with one attached hydrogen (secondary N) is 2. The fraction of sp³-hybridized carbons (Fsp3) is 0.185. The average Bonchev–Trinajstić information content (AvgIpc) is 2.98. The summed E-state index contributed by atoms with van der Waals surface area (Å²) in [6.45, 7) is 1.84. The van der Waals surface area contributed by atoms with Crippen LogP contribution in [0.25, 0.3) is 33.2 Å². The number of halogens is 3. The molecule has 1 aliphatic heterocycles. The van der Waals surface area contributed by atoms with E-state index >= 15 is 0 Å². The molecule has 0 radical (unpaired) electrons. The monoisotopic (exact) mass is 506 g/mol. The molecule has 3 N–H and O–H groups in total. The van der Waals surface area contributed by atoms with Crippen molar-refractivity contribution in [2.75, 3.05) is 10.6 Å². The van der Waals surface area contributed by atoms with Crippen LogP contribution in [-0.4, -0.2) is 39.2 Å². The summed E-state index contributed by atoms with van der Waals surface area (Å²) in [6.07, 6.45) is -2.31. The van der Waals surface area contributed by atoms with Gasteiger partial charge in [0.2, 0.25) is 5.91 Å². The second kappa shape index (κ2) is 9.20. The molecule has 0 saturated carbocycles. The number of hydrogen-bond donors (Lipinski definition) is 3. The van der Waals surface area contributed by atoms with Gasteiger partial charge in [0.1, 0.15) is 5.69 Å². The van der Waals surface area contributed by atoms with Gasteiger partial charge in [-0.1, -0.05) is 18.2 Å². The maximum Gasteiger partial charge on any atom is 0.393 e. The fourth-order valence-corrected chi connectivity index (χ4v) is 4.51. The summed E-state index contributed by atoms with van der Waals surface area (Å²) >= 11 is 0. The quantitative estimate of drug-likeness (QED) is 0.318. The molecule has 0 fully saturated rings. The Morgan fingerprint density at radius 1 is 1.08 bits per heavy atom. The van der Waals surface area contributed by atoms with E-state index in [0.29, 0.717) is 39.1 Å². The summed E-state index contributed by atoms with van der Waals surface area (Å²) < 4.78 is 39.9. The number of anilines is 2. The molecule has 0 bridgehead atoms. The minimum atomic E-state index is -4.42. The Kier molecular flexibility index (Phi) is 6.02. The predicted octanol–water partition coefficient (Wildman–Crippen LogP) is 5.91. The Morgan fingerprint density at radius 2 is 1.89 bits per heavy atom. The van der Waals surface area contributed by atoms with Gasteiger partial charge in [-0.2, -0.15) is 13.2 Å². The van der Waals surface area contributed by atoms with Gasteiger partial charge in [-0.15, -0.1) is 0 Å². The minimum absolute atomic E-state index is 0.0316. The first-order valence-corrected chi connectivity index (χ1v) is 11.5. The van der Waals surface area contributed by atoms with Crippen molar-refractivity contribution in [3.05, 3.63) is 72.2 Å². The summed E-state index contributed by atoms with van der Waals surface area (Å²) in [5.41, 5.74) is 3.18. The number of alkyl halides is 3. The van der Waals surface area contributed by atoms with Crippen molar-refractivity contribution in [2.24, 2.45) is 0 Å². The number of carbonyl (C=O) groups is 2. The molecule has 1 aliphatic rings. The standard InChI is InChI=1S/C27H21F3N4O3/c1-14-7-24(35)34-23-9-15(11-27(28,29)30)8-19(25(23)33-14)18-4-2-3-16-10-22(32-13-20(16)18)17-5-6-21(26(36)37)31-12-17/h2-6,8-10,12-14,33H,7,11H2,1H3,(H,34,35)(H,36,37)/t14-/m1/s1. The molecular weight excluding hydrogens is 485 g/mol. The lowest BCUT2D eigenvalue weighted by Gasteiger charge is -2.20. The maximum absolute atomic E-state index is 13.3. The molecular formula is C27H21F3N4O3. The molecule has 1 atom stereocenters. The number of fused-ring (bicyclic) bond motifs is 2. The molecule has 0 spiro atoms. The van der Waals surface area contributed by atoms with Gasteiger partial charge < -0.3 is 15.7 Å². The van der Waals surface area contributed by atoms with Gasteiger partial charge in [-0.05, 0) is 53.8 Å². The first kappa shape index (κ1) is 24.2. The van der Waals surface area contributed by atoms with Crippen molar-refractivity contribution in [2.45, 2.75) is 32.0 Å². The van der Waals surface area contributed by atoms with Crippen molar-refractivity contribution >= 4 is 34.0 Å². The third kappa shape index (κ3) is 5.09. The van der Waals surface area contributed by atoms with Crippen LogP contribution in [0.1, 0.15) is 29.4 Å². The molecule has 0 aliphatic carbocycles. The van der Waals surface area contributed by atoms with Crippen molar-refractivity contribution in [3.63, 3.8) is 0 Å². The number of aromatic nitrogens is 2. The zero-order valence-electron chi connectivity index (χ0n) is 19.6. The number of rotatable bonds is 4. The SMILES string of the molecule is C[C@@H]1CC(=O)Nc2cc(CC(F)(F)F)cc(-c3cccc4cc(-c5ccc(C(=O)O)nc5)ncc34)c2N1. The van der Waals surface area contributed by atoms with Crippen molar-refractivity contribution in [1.29, 1.82) is 0 Å². The second-order valence-electron chi connectivity index (χ2n) is 8.99. The number of hydrogen-bond acceptors (Lipinski definition) is 5. The largest absolute Gasteiger partial charge is 0.477 e. The Hall–Kier alpha value is -4.47. The zero-order valence-corrected chi connectivity index (χ0v) is 19.6. The molecule has 2 aromatic heterocycles. The highest BCUT2D eigenvalue weighted by molar-refractivity contribution is 6.05. The predicted molar refractivity (Wildman–Crippen MR) is 133 cm³/mol. The number of aromatic carboxylic acids is 1. The number of nitrogens with zero attached hydrogens (tertiary/aromatic N) is 2. The number of carbonyl (C=O) groups excluding carboxylic acids is 1. The normalized spacial score (nSPS) is 15.5. The van der Waals surface area contributed by atoms with Crippen LogP contribution in [0.15, 0.2) is 60.9 Å². The third-order valence-corrected chi connectivity index (χ3v) is 6.09. The molecule has 5 rings (SSSR count). The molecule has 0 unspecified atom stereocenters. The molecule has 188 valence electrons. The lowest BCUT2D eigenvalue weighted by molar-refractivity contribution is -0.127. The van der Waals surface area contributed by atoms with Crippen molar-refractivity contribution < 1.29 is 27.9 Å². The number of carboxylic acid groups (broad SMARTS) is 1. The summed E-state index contributed by atoms with van der Waals surface area (Å²) in [5, 5.41) is 16.6. The lowest BCUT2D eigenvalue weighted by Crippen LogP contribution is -2.19. The van der Waals surface area contributed by atoms with E-state index in [0.717, 1.165) is 5.39 Å². The molecule has 1 amide bonds. The van der Waals surface area contributed by atoms with E-state index in [1.165, 1.54) is 24.4 Å². The van der Waals surface area contributed by atoms with Crippen LogP contribution >= 0.6 is 0 Å². The van der Waals surface area contributed by atoms with Gasteiger partial charge in [0.25, 0.3) is 0 Å². The summed E-state index contributed by atoms with van der Waals surface area (Å²) in [7, 11) is 0. The maximum atomic E-state index is 13.3. The summed E-state index contributed by atoms with van der Waals surface area (Å²) in [5.74, 6) is -1.41. The van der Waals surface area contributed by atoms with Crippen LogP contribution in [-0.2, 0) is 11.2 Å². The van der Waals surface area contributed by atoms with Gasteiger partial charge in [0.15, 0.2) is 0 Å². The van der Waals surface area contributed by atoms with Crippen LogP contribution in [0.2, 0.25) is 0 Å². The summed E-state index contributed by atoms with van der Waals surface area (Å²) in [4.78, 5) is 31.9. The number of benzene rings is 2. The van der Waals surface area contributed by atoms with E-state index in [1.54, 1.807) is 24.4 Å². The van der Waals surface area contributed by atoms with Crippen LogP contribution < -0.4 is 10.6 Å². The first-order valence-electron chi connectivity index (χ1n) is 11.5. The van der Waals surface area contributed by atoms with Crippen molar-refractivity contribution in [1.82, 2.24) is 9.97 Å². The van der Waals surface area contributed by atoms with Crippen LogP contribution in [0.4, 0.5) is 24.5 Å². The fourth-order valence-electron chi connectivity index (χ4n) is 4.51. The molecule has 4 aromatic rings. The number of pyridine rings is 2. The highest BCUT2D eigenvalue weighted by Crippen LogP contribution is 2.42. The highest BCUT2D eigenvalue weighted by atomic mass is 19.4. The highest BCUT2D eigenvalue weighted by Gasteiger charge is 2.30. The van der Waals surface area contributed by atoms with Gasteiger partial charge in [0.05, 0.1) is 23.5 Å². The van der Waals surface area contributed by atoms with E-state index in [1.807, 2.05) is 19.1 Å². The van der Waals surface area contributed by atoms with E-state index in [9.17, 15) is 22.8 Å². The van der Waals surface area contributed by atoms with E-state index < -0.39 is 18.6 Å². The lowest BCUT2D eigenvalue weighted by atomic mass is 9.94. The van der Waals surface area contributed by atoms with Gasteiger partial charge in [0, 0.05) is 41.4 Å². The van der Waals surface area contributed by atoms with Gasteiger partial charge >= 0.3 is 12.1 Å². The first-order chi connectivity index (χ1) is 17.6. The van der Waals surface area contributed by atoms with Crippen LogP contribution in [0, 0.1) is 0 Å². The zero-order chi connectivity index (χ0) is 26.3. The van der Waals surface area contributed by atoms with Crippen LogP contribution in [0.5, 0.6) is 0 Å². The Balaban J connectivity index is 1.65. The van der Waals surface area contributed by atoms with E-state index in [4.69, 9.17) is 5.11 Å². The van der Waals surface area contributed by atoms with Crippen LogP contribution in [0.3, 0.4) is 0 Å². The third-order valence-electron chi connectivity index (χ3n) is 6.09. The molecule has 7 nitrogen and oxygen atoms in total. The molecule has 37 heavy (non-hydrogen) atoms. The van der Waals surface area contributed by atoms with E-state index in [2.05, 4.69) is 20.6 Å². The van der Waals surface area contributed by atoms with Gasteiger partial charge in [-0.3, -0.25) is 9.78 Å². The van der Waals surface area contributed by atoms with Gasteiger partial charge in [-0.25, -0.2) is 9.78 Å². The molecule has 10 heteroatoms. The second-order valence-corrected chi connectivity index (χ2v) is 8.99. The Morgan fingerprint density at radius 3 is 2.59 bits per heavy atom. The van der Waals surface area contributed by atoms with E-state index in [-0.39, 0.29) is 29.6 Å². The smallest absolute Gasteiger partial charge is 0.393 e. The Bertz CT molecular complexity index is 1530. The molecule has 3 heterocycles. The topological polar surface area (TPSA) is 104 Å².